The Morgan fingerprint density at radius 3 is 2.95 bits per heavy atom. The molecule has 1 aliphatic heterocycles. The number of nitrogens with zero attached hydrogens (tertiary/aromatic N) is 3. The van der Waals surface area contributed by atoms with Gasteiger partial charge in [-0.3, -0.25) is 9.58 Å². The average molecular weight is 265 g/mol. The zero-order valence-electron chi connectivity index (χ0n) is 12.3. The van der Waals surface area contributed by atoms with Gasteiger partial charge in [-0.25, -0.2) is 0 Å². The molecule has 0 aliphatic carbocycles. The molecule has 0 aromatic carbocycles. The summed E-state index contributed by atoms with van der Waals surface area (Å²) in [5.74, 6) is 0. The van der Waals surface area contributed by atoms with Crippen molar-refractivity contribution in [2.24, 2.45) is 0 Å². The molecule has 0 saturated carbocycles. The molecule has 4 heteroatoms. The Balaban J connectivity index is 2.05. The van der Waals surface area contributed by atoms with Crippen LogP contribution < -0.4 is 0 Å². The first-order chi connectivity index (χ1) is 9.26. The second kappa shape index (κ2) is 7.06. The summed E-state index contributed by atoms with van der Waals surface area (Å²) in [4.78, 5) is 2.44. The van der Waals surface area contributed by atoms with Gasteiger partial charge in [0.15, 0.2) is 0 Å². The molecular weight excluding hydrogens is 238 g/mol. The molecule has 1 unspecified atom stereocenters. The summed E-state index contributed by atoms with van der Waals surface area (Å²) >= 11 is 0. The number of hydrogen-bond donors (Lipinski definition) is 1. The molecule has 1 saturated heterocycles. The van der Waals surface area contributed by atoms with E-state index in [-0.39, 0.29) is 6.61 Å². The van der Waals surface area contributed by atoms with E-state index in [1.54, 1.807) is 0 Å². The first-order valence-corrected chi connectivity index (χ1v) is 7.62. The van der Waals surface area contributed by atoms with E-state index in [1.165, 1.54) is 30.5 Å². The number of likely N-dealkylation sites (tertiary alicyclic amines) is 1. The van der Waals surface area contributed by atoms with Gasteiger partial charge in [0, 0.05) is 30.4 Å². The predicted octanol–water partition coefficient (Wildman–Crippen LogP) is 2.34. The lowest BCUT2D eigenvalue weighted by Gasteiger charge is -2.28. The Labute approximate surface area is 116 Å². The highest BCUT2D eigenvalue weighted by atomic mass is 16.3. The number of aliphatic hydroxyl groups excluding tert-OH is 1. The highest BCUT2D eigenvalue weighted by Gasteiger charge is 2.21. The maximum Gasteiger partial charge on any atom is 0.0586 e. The molecule has 1 aromatic heterocycles. The fourth-order valence-electron chi connectivity index (χ4n) is 2.95. The summed E-state index contributed by atoms with van der Waals surface area (Å²) in [6.07, 6.45) is 8.03. The molecule has 1 aromatic rings. The molecule has 0 radical (unpaired) electrons. The lowest BCUT2D eigenvalue weighted by molar-refractivity contribution is 0.118. The second-order valence-corrected chi connectivity index (χ2v) is 5.63. The summed E-state index contributed by atoms with van der Waals surface area (Å²) in [5, 5.41) is 14.0. The minimum absolute atomic E-state index is 0.280. The van der Waals surface area contributed by atoms with Crippen LogP contribution in [0.3, 0.4) is 0 Å². The van der Waals surface area contributed by atoms with E-state index in [0.29, 0.717) is 6.04 Å². The number of rotatable bonds is 5. The van der Waals surface area contributed by atoms with Crippen LogP contribution >= 0.6 is 0 Å². The molecule has 0 bridgehead atoms. The smallest absolute Gasteiger partial charge is 0.0586 e. The standard InChI is InChI=1S/C15H27N3O/c1-3-8-18-13(2)14(10-16-18)11-17-9-6-4-5-7-15(17)12-19/h10,15,19H,3-9,11-12H2,1-2H3. The Morgan fingerprint density at radius 1 is 1.37 bits per heavy atom. The molecular formula is C15H27N3O. The van der Waals surface area contributed by atoms with E-state index in [1.807, 2.05) is 6.20 Å². The zero-order chi connectivity index (χ0) is 13.7. The van der Waals surface area contributed by atoms with Gasteiger partial charge in [0.25, 0.3) is 0 Å². The van der Waals surface area contributed by atoms with Crippen LogP contribution in [0.15, 0.2) is 6.20 Å². The van der Waals surface area contributed by atoms with E-state index in [0.717, 1.165) is 32.5 Å². The molecule has 1 aliphatic rings. The van der Waals surface area contributed by atoms with Gasteiger partial charge in [-0.15, -0.1) is 0 Å². The van der Waals surface area contributed by atoms with Crippen LogP contribution in [0.2, 0.25) is 0 Å². The molecule has 1 fully saturated rings. The third-order valence-corrected chi connectivity index (χ3v) is 4.22. The SMILES string of the molecule is CCCn1ncc(CN2CCCCCC2CO)c1C. The van der Waals surface area contributed by atoms with Crippen molar-refractivity contribution in [2.75, 3.05) is 13.2 Å². The maximum absolute atomic E-state index is 9.56. The summed E-state index contributed by atoms with van der Waals surface area (Å²) < 4.78 is 2.10. The van der Waals surface area contributed by atoms with Gasteiger partial charge in [-0.2, -0.15) is 5.10 Å². The van der Waals surface area contributed by atoms with Gasteiger partial charge >= 0.3 is 0 Å². The molecule has 1 N–H and O–H groups in total. The Bertz CT molecular complexity index is 389. The first-order valence-electron chi connectivity index (χ1n) is 7.62. The minimum Gasteiger partial charge on any atom is -0.395 e. The fraction of sp³-hybridized carbons (Fsp3) is 0.800. The van der Waals surface area contributed by atoms with Crippen molar-refractivity contribution in [1.29, 1.82) is 0 Å². The van der Waals surface area contributed by atoms with Crippen molar-refractivity contribution in [3.8, 4) is 0 Å². The van der Waals surface area contributed by atoms with Crippen LogP contribution in [0.1, 0.15) is 50.3 Å². The largest absolute Gasteiger partial charge is 0.395 e. The Kier molecular flexibility index (Phi) is 5.40. The summed E-state index contributed by atoms with van der Waals surface area (Å²) in [5.41, 5.74) is 2.59. The van der Waals surface area contributed by atoms with Crippen molar-refractivity contribution in [2.45, 2.75) is 65.1 Å². The molecule has 0 amide bonds. The second-order valence-electron chi connectivity index (χ2n) is 5.63. The van der Waals surface area contributed by atoms with Gasteiger partial charge in [-0.05, 0) is 32.7 Å². The van der Waals surface area contributed by atoms with Crippen molar-refractivity contribution < 1.29 is 5.11 Å². The maximum atomic E-state index is 9.56. The Morgan fingerprint density at radius 2 is 2.21 bits per heavy atom. The number of aliphatic hydroxyl groups is 1. The highest BCUT2D eigenvalue weighted by Crippen LogP contribution is 2.20. The van der Waals surface area contributed by atoms with Gasteiger partial charge in [0.1, 0.15) is 0 Å². The molecule has 4 nitrogen and oxygen atoms in total. The summed E-state index contributed by atoms with van der Waals surface area (Å²) in [6.45, 7) is 7.64. The van der Waals surface area contributed by atoms with Crippen LogP contribution in [-0.4, -0.2) is 39.0 Å². The topological polar surface area (TPSA) is 41.3 Å². The lowest BCUT2D eigenvalue weighted by Crippen LogP contribution is -2.37. The van der Waals surface area contributed by atoms with Gasteiger partial charge in [0.05, 0.1) is 12.8 Å². The number of hydrogen-bond acceptors (Lipinski definition) is 3. The molecule has 19 heavy (non-hydrogen) atoms. The monoisotopic (exact) mass is 265 g/mol. The van der Waals surface area contributed by atoms with Gasteiger partial charge < -0.3 is 5.11 Å². The Hall–Kier alpha value is -0.870. The highest BCUT2D eigenvalue weighted by molar-refractivity contribution is 5.16. The van der Waals surface area contributed by atoms with Crippen LogP contribution in [0.5, 0.6) is 0 Å². The van der Waals surface area contributed by atoms with E-state index >= 15 is 0 Å². The van der Waals surface area contributed by atoms with Crippen molar-refractivity contribution >= 4 is 0 Å². The first kappa shape index (κ1) is 14.5. The van der Waals surface area contributed by atoms with E-state index in [2.05, 4.69) is 28.5 Å². The van der Waals surface area contributed by atoms with E-state index in [9.17, 15) is 5.11 Å². The molecule has 2 rings (SSSR count). The van der Waals surface area contributed by atoms with Crippen LogP contribution in [0, 0.1) is 6.92 Å². The predicted molar refractivity (Wildman–Crippen MR) is 77.0 cm³/mol. The molecule has 2 heterocycles. The minimum atomic E-state index is 0.280. The van der Waals surface area contributed by atoms with Crippen molar-refractivity contribution in [3.05, 3.63) is 17.5 Å². The number of aryl methyl sites for hydroxylation is 1. The van der Waals surface area contributed by atoms with E-state index in [4.69, 9.17) is 0 Å². The summed E-state index contributed by atoms with van der Waals surface area (Å²) in [7, 11) is 0. The third kappa shape index (κ3) is 3.57. The average Bonchev–Trinajstić information content (AvgIpc) is 2.65. The van der Waals surface area contributed by atoms with Crippen LogP contribution in [-0.2, 0) is 13.1 Å². The number of aromatic nitrogens is 2. The normalized spacial score (nSPS) is 21.5. The fourth-order valence-corrected chi connectivity index (χ4v) is 2.95. The third-order valence-electron chi connectivity index (χ3n) is 4.22. The van der Waals surface area contributed by atoms with E-state index < -0.39 is 0 Å². The lowest BCUT2D eigenvalue weighted by atomic mass is 10.1. The zero-order valence-corrected chi connectivity index (χ0v) is 12.3. The molecule has 0 spiro atoms. The van der Waals surface area contributed by atoms with Crippen LogP contribution in [0.4, 0.5) is 0 Å². The summed E-state index contributed by atoms with van der Waals surface area (Å²) in [6, 6.07) is 0.330. The van der Waals surface area contributed by atoms with Crippen molar-refractivity contribution in [1.82, 2.24) is 14.7 Å². The quantitative estimate of drug-likeness (QED) is 0.888. The van der Waals surface area contributed by atoms with Gasteiger partial charge in [0.2, 0.25) is 0 Å². The van der Waals surface area contributed by atoms with Crippen molar-refractivity contribution in [3.63, 3.8) is 0 Å². The van der Waals surface area contributed by atoms with Gasteiger partial charge in [-0.1, -0.05) is 19.8 Å². The van der Waals surface area contributed by atoms with Crippen LogP contribution in [0.25, 0.3) is 0 Å². The molecule has 1 atom stereocenters. The molecule has 108 valence electrons.